The summed E-state index contributed by atoms with van der Waals surface area (Å²) in [5.74, 6) is -2.35. The molecule has 9 heteroatoms. The van der Waals surface area contributed by atoms with Gasteiger partial charge >= 0.3 is 6.18 Å². The lowest BCUT2D eigenvalue weighted by atomic mass is 9.63. The number of benzene rings is 4. The van der Waals surface area contributed by atoms with Crippen LogP contribution >= 0.6 is 0 Å². The summed E-state index contributed by atoms with van der Waals surface area (Å²) < 4.78 is 43.7. The third kappa shape index (κ3) is 5.20. The van der Waals surface area contributed by atoms with Crippen LogP contribution in [0.2, 0.25) is 0 Å². The second kappa shape index (κ2) is 11.7. The standard InChI is InChI=1S/C38H34F3N3O3/c1-43-29-20-12-11-19-28(29)37(22-24-13-5-2-6-14-24,23-25-15-7-3-8-16-25)30(43)21-27-33(45)31(34(27)46)32-35(38(39,40)41)42-44(36(32)47)26-17-9-4-10-18-26/h2-21,27,31,33-34,42,45-46H,22-23H2,1H3. The van der Waals surface area contributed by atoms with Crippen molar-refractivity contribution >= 4 is 5.69 Å². The lowest BCUT2D eigenvalue weighted by Crippen LogP contribution is -2.55. The average Bonchev–Trinajstić information content (AvgIpc) is 3.53. The largest absolute Gasteiger partial charge is 0.433 e. The third-order valence-corrected chi connectivity index (χ3v) is 9.76. The highest BCUT2D eigenvalue weighted by molar-refractivity contribution is 5.71. The number of aromatic amines is 1. The fourth-order valence-corrected chi connectivity index (χ4v) is 7.55. The van der Waals surface area contributed by atoms with E-state index in [2.05, 4.69) is 35.4 Å². The van der Waals surface area contributed by atoms with Gasteiger partial charge in [-0.1, -0.05) is 103 Å². The van der Waals surface area contributed by atoms with E-state index in [9.17, 15) is 28.2 Å². The van der Waals surface area contributed by atoms with Gasteiger partial charge in [-0.25, -0.2) is 4.68 Å². The number of fused-ring (bicyclic) bond motifs is 1. The summed E-state index contributed by atoms with van der Waals surface area (Å²) in [5, 5.41) is 25.3. The van der Waals surface area contributed by atoms with E-state index >= 15 is 0 Å². The SMILES string of the molecule is CN1C(=CC2C(O)C(c3c(C(F)(F)F)[nH]n(-c4ccccc4)c3=O)C2O)C(Cc2ccccc2)(Cc2ccccc2)c2ccccc21. The molecule has 0 bridgehead atoms. The van der Waals surface area contributed by atoms with Gasteiger partial charge < -0.3 is 15.1 Å². The predicted molar refractivity (Wildman–Crippen MR) is 175 cm³/mol. The molecule has 240 valence electrons. The van der Waals surface area contributed by atoms with Crippen molar-refractivity contribution in [1.82, 2.24) is 9.78 Å². The summed E-state index contributed by atoms with van der Waals surface area (Å²) in [6.07, 6.45) is -4.76. The Morgan fingerprint density at radius 3 is 1.85 bits per heavy atom. The number of alkyl halides is 3. The Morgan fingerprint density at radius 1 is 0.787 bits per heavy atom. The van der Waals surface area contributed by atoms with Crippen LogP contribution in [0.5, 0.6) is 0 Å². The third-order valence-electron chi connectivity index (χ3n) is 9.76. The Hall–Kier alpha value is -4.86. The minimum absolute atomic E-state index is 0.216. The number of hydrogen-bond donors (Lipinski definition) is 3. The second-order valence-electron chi connectivity index (χ2n) is 12.5. The molecule has 47 heavy (non-hydrogen) atoms. The number of allylic oxidation sites excluding steroid dienone is 1. The van der Waals surface area contributed by atoms with Gasteiger partial charge in [-0.3, -0.25) is 9.89 Å². The highest BCUT2D eigenvalue weighted by Crippen LogP contribution is 2.54. The van der Waals surface area contributed by atoms with Gasteiger partial charge in [0.25, 0.3) is 5.56 Å². The number of aliphatic hydroxyl groups excluding tert-OH is 2. The first-order valence-corrected chi connectivity index (χ1v) is 15.6. The van der Waals surface area contributed by atoms with Crippen molar-refractivity contribution < 1.29 is 23.4 Å². The van der Waals surface area contributed by atoms with E-state index in [1.807, 2.05) is 72.6 Å². The minimum atomic E-state index is -4.91. The molecule has 0 saturated heterocycles. The van der Waals surface area contributed by atoms with Gasteiger partial charge in [0.15, 0.2) is 0 Å². The highest BCUT2D eigenvalue weighted by Gasteiger charge is 2.55. The second-order valence-corrected chi connectivity index (χ2v) is 12.5. The number of rotatable bonds is 7. The van der Waals surface area contributed by atoms with Gasteiger partial charge in [-0.2, -0.15) is 13.2 Å². The molecule has 5 aromatic rings. The molecule has 0 amide bonds. The first-order valence-electron chi connectivity index (χ1n) is 15.6. The highest BCUT2D eigenvalue weighted by atomic mass is 19.4. The lowest BCUT2D eigenvalue weighted by molar-refractivity contribution is -0.145. The van der Waals surface area contributed by atoms with Crippen LogP contribution in [0.1, 0.15) is 33.9 Å². The fourth-order valence-electron chi connectivity index (χ4n) is 7.55. The normalized spacial score (nSPS) is 22.7. The first kappa shape index (κ1) is 30.8. The minimum Gasteiger partial charge on any atom is -0.392 e. The van der Waals surface area contributed by atoms with Crippen LogP contribution in [0, 0.1) is 5.92 Å². The van der Waals surface area contributed by atoms with E-state index < -0.39 is 52.5 Å². The smallest absolute Gasteiger partial charge is 0.392 e. The summed E-state index contributed by atoms with van der Waals surface area (Å²) in [5.41, 5.74) is 1.78. The Bertz CT molecular complexity index is 1920. The number of nitrogens with zero attached hydrogens (tertiary/aromatic N) is 2. The maximum absolute atomic E-state index is 14.3. The van der Waals surface area contributed by atoms with Crippen LogP contribution in [0.25, 0.3) is 5.69 Å². The maximum Gasteiger partial charge on any atom is 0.433 e. The summed E-state index contributed by atoms with van der Waals surface area (Å²) in [6.45, 7) is 0. The molecule has 0 radical (unpaired) electrons. The number of anilines is 1. The van der Waals surface area contributed by atoms with Gasteiger partial charge in [0.1, 0.15) is 5.69 Å². The van der Waals surface area contributed by atoms with Crippen LogP contribution < -0.4 is 10.5 Å². The number of H-pyrrole nitrogens is 1. The number of para-hydroxylation sites is 2. The Kier molecular flexibility index (Phi) is 7.69. The predicted octanol–water partition coefficient (Wildman–Crippen LogP) is 6.38. The molecule has 1 aliphatic carbocycles. The van der Waals surface area contributed by atoms with Crippen molar-refractivity contribution in [2.75, 3.05) is 11.9 Å². The summed E-state index contributed by atoms with van der Waals surface area (Å²) >= 11 is 0. The molecular weight excluding hydrogens is 603 g/mol. The molecule has 3 N–H and O–H groups in total. The summed E-state index contributed by atoms with van der Waals surface area (Å²) in [7, 11) is 1.93. The van der Waals surface area contributed by atoms with Crippen LogP contribution in [0.4, 0.5) is 18.9 Å². The summed E-state index contributed by atoms with van der Waals surface area (Å²) in [6, 6.07) is 36.1. The van der Waals surface area contributed by atoms with Gasteiger partial charge in [-0.05, 0) is 47.7 Å². The van der Waals surface area contributed by atoms with E-state index in [4.69, 9.17) is 0 Å². The van der Waals surface area contributed by atoms with Gasteiger partial charge in [0, 0.05) is 35.7 Å². The summed E-state index contributed by atoms with van der Waals surface area (Å²) in [4.78, 5) is 15.6. The Morgan fingerprint density at radius 2 is 1.30 bits per heavy atom. The van der Waals surface area contributed by atoms with Crippen LogP contribution in [-0.2, 0) is 24.4 Å². The van der Waals surface area contributed by atoms with Crippen LogP contribution in [0.15, 0.2) is 132 Å². The van der Waals surface area contributed by atoms with E-state index in [0.717, 1.165) is 32.8 Å². The van der Waals surface area contributed by atoms with Crippen LogP contribution in [-0.4, -0.2) is 39.2 Å². The zero-order valence-corrected chi connectivity index (χ0v) is 25.6. The van der Waals surface area contributed by atoms with Crippen molar-refractivity contribution in [3.8, 4) is 5.69 Å². The van der Waals surface area contributed by atoms with Crippen molar-refractivity contribution in [3.05, 3.63) is 165 Å². The van der Waals surface area contributed by atoms with Crippen molar-refractivity contribution in [2.24, 2.45) is 5.92 Å². The number of nitrogens with one attached hydrogen (secondary N) is 1. The monoisotopic (exact) mass is 637 g/mol. The number of halogens is 3. The zero-order chi connectivity index (χ0) is 32.9. The topological polar surface area (TPSA) is 81.5 Å². The molecule has 7 rings (SSSR count). The van der Waals surface area contributed by atoms with E-state index in [1.54, 1.807) is 18.2 Å². The molecule has 2 atom stereocenters. The molecule has 2 heterocycles. The molecule has 4 aromatic carbocycles. The number of likely N-dealkylation sites (N-methyl/N-ethyl adjacent to an activating group) is 1. The van der Waals surface area contributed by atoms with Crippen molar-refractivity contribution in [2.45, 2.75) is 42.6 Å². The molecule has 0 spiro atoms. The first-order chi connectivity index (χ1) is 22.6. The number of hydrogen-bond acceptors (Lipinski definition) is 4. The van der Waals surface area contributed by atoms with Gasteiger partial charge in [0.05, 0.1) is 23.5 Å². The van der Waals surface area contributed by atoms with E-state index in [0.29, 0.717) is 12.8 Å². The zero-order valence-electron chi connectivity index (χ0n) is 25.6. The molecule has 2 unspecified atom stereocenters. The molecule has 1 saturated carbocycles. The lowest BCUT2D eigenvalue weighted by Gasteiger charge is -2.46. The number of aliphatic hydroxyl groups is 2. The molecule has 1 fully saturated rings. The van der Waals surface area contributed by atoms with Crippen LogP contribution in [0.3, 0.4) is 0 Å². The molecule has 6 nitrogen and oxygen atoms in total. The maximum atomic E-state index is 14.3. The molecular formula is C38H34F3N3O3. The molecule has 1 aromatic heterocycles. The Labute approximate surface area is 270 Å². The quantitative estimate of drug-likeness (QED) is 0.194. The number of aromatic nitrogens is 2. The van der Waals surface area contributed by atoms with Crippen molar-refractivity contribution in [1.29, 1.82) is 0 Å². The average molecular weight is 638 g/mol. The van der Waals surface area contributed by atoms with E-state index in [-0.39, 0.29) is 5.69 Å². The molecule has 1 aliphatic heterocycles. The Balaban J connectivity index is 1.33. The van der Waals surface area contributed by atoms with Crippen molar-refractivity contribution in [3.63, 3.8) is 0 Å². The van der Waals surface area contributed by atoms with Gasteiger partial charge in [-0.15, -0.1) is 0 Å². The van der Waals surface area contributed by atoms with E-state index in [1.165, 1.54) is 12.1 Å². The fraction of sp³-hybridized carbons (Fsp3) is 0.237. The molecule has 2 aliphatic rings. The van der Waals surface area contributed by atoms with Gasteiger partial charge in [0.2, 0.25) is 0 Å².